The van der Waals surface area contributed by atoms with Crippen molar-refractivity contribution in [3.05, 3.63) is 28.9 Å². The summed E-state index contributed by atoms with van der Waals surface area (Å²) in [6.45, 7) is 1.05. The standard InChI is InChI=1S/C15H17BrN4O2/c16-9-3-4-13-11(6-9)14(12(17)7-18-13)19-10-2-1-5-20(8-10)15(21)22/h3-4,6-7,10H,1-2,5,8,17H2,(H,18,19)(H,21,22)/t10-/m1/s1. The number of aromatic nitrogens is 1. The number of likely N-dealkylation sites (tertiary alicyclic amines) is 1. The summed E-state index contributed by atoms with van der Waals surface area (Å²) < 4.78 is 0.950. The summed E-state index contributed by atoms with van der Waals surface area (Å²) in [5, 5.41) is 13.5. The van der Waals surface area contributed by atoms with Crippen LogP contribution in [0.15, 0.2) is 28.9 Å². The number of benzene rings is 1. The van der Waals surface area contributed by atoms with Gasteiger partial charge in [-0.15, -0.1) is 0 Å². The van der Waals surface area contributed by atoms with Crippen molar-refractivity contribution in [3.8, 4) is 0 Å². The third kappa shape index (κ3) is 2.94. The predicted octanol–water partition coefficient (Wildman–Crippen LogP) is 3.13. The predicted molar refractivity (Wildman–Crippen MR) is 90.1 cm³/mol. The summed E-state index contributed by atoms with van der Waals surface area (Å²) in [6.07, 6.45) is 2.52. The SMILES string of the molecule is Nc1cnc2ccc(Br)cc2c1N[C@@H]1CCCN(C(=O)O)C1. The minimum Gasteiger partial charge on any atom is -0.465 e. The highest BCUT2D eigenvalue weighted by atomic mass is 79.9. The summed E-state index contributed by atoms with van der Waals surface area (Å²) in [6, 6.07) is 5.88. The summed E-state index contributed by atoms with van der Waals surface area (Å²) in [7, 11) is 0. The normalized spacial score (nSPS) is 18.4. The van der Waals surface area contributed by atoms with Gasteiger partial charge in [0.2, 0.25) is 0 Å². The molecule has 0 saturated carbocycles. The first kappa shape index (κ1) is 14.9. The van der Waals surface area contributed by atoms with Crippen LogP contribution in [0.25, 0.3) is 10.9 Å². The zero-order valence-electron chi connectivity index (χ0n) is 11.9. The first-order chi connectivity index (χ1) is 10.5. The second-order valence-electron chi connectivity index (χ2n) is 5.46. The van der Waals surface area contributed by atoms with Gasteiger partial charge >= 0.3 is 6.09 Å². The number of carbonyl (C=O) groups is 1. The molecule has 1 aliphatic rings. The molecule has 116 valence electrons. The Bertz CT molecular complexity index is 717. The van der Waals surface area contributed by atoms with Crippen LogP contribution in [0.2, 0.25) is 0 Å². The monoisotopic (exact) mass is 364 g/mol. The molecule has 0 spiro atoms. The molecule has 3 rings (SSSR count). The molecule has 1 aliphatic heterocycles. The molecule has 7 heteroatoms. The fourth-order valence-electron chi connectivity index (χ4n) is 2.81. The van der Waals surface area contributed by atoms with Crippen molar-refractivity contribution in [2.45, 2.75) is 18.9 Å². The van der Waals surface area contributed by atoms with Gasteiger partial charge in [0.05, 0.1) is 23.1 Å². The maximum absolute atomic E-state index is 11.1. The van der Waals surface area contributed by atoms with Crippen molar-refractivity contribution in [2.24, 2.45) is 0 Å². The zero-order valence-corrected chi connectivity index (χ0v) is 13.5. The fourth-order valence-corrected chi connectivity index (χ4v) is 3.18. The highest BCUT2D eigenvalue weighted by Gasteiger charge is 2.24. The van der Waals surface area contributed by atoms with Crippen LogP contribution in [-0.4, -0.2) is 40.2 Å². The van der Waals surface area contributed by atoms with Crippen LogP contribution in [0.5, 0.6) is 0 Å². The molecule has 1 fully saturated rings. The van der Waals surface area contributed by atoms with Gasteiger partial charge in [0, 0.05) is 29.0 Å². The Labute approximate surface area is 136 Å². The van der Waals surface area contributed by atoms with Crippen LogP contribution in [-0.2, 0) is 0 Å². The lowest BCUT2D eigenvalue weighted by molar-refractivity contribution is 0.133. The minimum absolute atomic E-state index is 0.0525. The van der Waals surface area contributed by atoms with E-state index in [2.05, 4.69) is 26.2 Å². The van der Waals surface area contributed by atoms with Gasteiger partial charge in [-0.2, -0.15) is 0 Å². The van der Waals surface area contributed by atoms with Gasteiger partial charge in [-0.3, -0.25) is 4.98 Å². The van der Waals surface area contributed by atoms with Gasteiger partial charge in [-0.1, -0.05) is 15.9 Å². The molecule has 1 atom stereocenters. The van der Waals surface area contributed by atoms with E-state index in [1.165, 1.54) is 4.90 Å². The van der Waals surface area contributed by atoms with Crippen LogP contribution >= 0.6 is 15.9 Å². The highest BCUT2D eigenvalue weighted by molar-refractivity contribution is 9.10. The molecule has 1 aromatic carbocycles. The van der Waals surface area contributed by atoms with Crippen LogP contribution in [0.3, 0.4) is 0 Å². The number of hydrogen-bond donors (Lipinski definition) is 3. The topological polar surface area (TPSA) is 91.5 Å². The highest BCUT2D eigenvalue weighted by Crippen LogP contribution is 2.31. The van der Waals surface area contributed by atoms with Crippen molar-refractivity contribution in [2.75, 3.05) is 24.1 Å². The van der Waals surface area contributed by atoms with Crippen molar-refractivity contribution >= 4 is 44.3 Å². The summed E-state index contributed by atoms with van der Waals surface area (Å²) in [4.78, 5) is 16.9. The third-order valence-electron chi connectivity index (χ3n) is 3.90. The van der Waals surface area contributed by atoms with Gasteiger partial charge in [0.1, 0.15) is 0 Å². The van der Waals surface area contributed by atoms with E-state index in [9.17, 15) is 4.79 Å². The smallest absolute Gasteiger partial charge is 0.407 e. The van der Waals surface area contributed by atoms with Gasteiger partial charge in [-0.25, -0.2) is 4.79 Å². The number of carboxylic acid groups (broad SMARTS) is 1. The number of fused-ring (bicyclic) bond motifs is 1. The lowest BCUT2D eigenvalue weighted by Crippen LogP contribution is -2.44. The molecule has 0 aliphatic carbocycles. The molecule has 1 amide bonds. The molecule has 2 heterocycles. The van der Waals surface area contributed by atoms with E-state index in [0.29, 0.717) is 18.8 Å². The number of anilines is 2. The number of amides is 1. The molecular weight excluding hydrogens is 348 g/mol. The van der Waals surface area contributed by atoms with E-state index in [-0.39, 0.29) is 6.04 Å². The Morgan fingerprint density at radius 3 is 3.09 bits per heavy atom. The molecular formula is C15H17BrN4O2. The number of nitrogens with one attached hydrogen (secondary N) is 1. The van der Waals surface area contributed by atoms with Crippen molar-refractivity contribution in [3.63, 3.8) is 0 Å². The molecule has 0 unspecified atom stereocenters. The number of rotatable bonds is 2. The van der Waals surface area contributed by atoms with E-state index >= 15 is 0 Å². The fraction of sp³-hybridized carbons (Fsp3) is 0.333. The van der Waals surface area contributed by atoms with Crippen molar-refractivity contribution in [1.29, 1.82) is 0 Å². The maximum Gasteiger partial charge on any atom is 0.407 e. The molecule has 1 saturated heterocycles. The van der Waals surface area contributed by atoms with Crippen LogP contribution in [0, 0.1) is 0 Å². The number of nitrogens with zero attached hydrogens (tertiary/aromatic N) is 2. The van der Waals surface area contributed by atoms with Crippen LogP contribution < -0.4 is 11.1 Å². The Hall–Kier alpha value is -2.02. The number of pyridine rings is 1. The van der Waals surface area contributed by atoms with E-state index in [0.717, 1.165) is 33.9 Å². The van der Waals surface area contributed by atoms with E-state index in [1.807, 2.05) is 18.2 Å². The van der Waals surface area contributed by atoms with Crippen molar-refractivity contribution in [1.82, 2.24) is 9.88 Å². The zero-order chi connectivity index (χ0) is 15.7. The van der Waals surface area contributed by atoms with Gasteiger partial charge < -0.3 is 21.1 Å². The maximum atomic E-state index is 11.1. The molecule has 0 radical (unpaired) electrons. The number of hydrogen-bond acceptors (Lipinski definition) is 4. The van der Waals surface area contributed by atoms with Gasteiger partial charge in [0.15, 0.2) is 0 Å². The number of halogens is 1. The molecule has 4 N–H and O–H groups in total. The first-order valence-electron chi connectivity index (χ1n) is 7.13. The van der Waals surface area contributed by atoms with Crippen LogP contribution in [0.1, 0.15) is 12.8 Å². The number of piperidine rings is 1. The summed E-state index contributed by atoms with van der Waals surface area (Å²) in [5.41, 5.74) is 8.32. The summed E-state index contributed by atoms with van der Waals surface area (Å²) >= 11 is 3.46. The average Bonchev–Trinajstić information content (AvgIpc) is 2.50. The molecule has 1 aromatic heterocycles. The quantitative estimate of drug-likeness (QED) is 0.761. The molecule has 2 aromatic rings. The number of nitrogens with two attached hydrogens (primary N) is 1. The first-order valence-corrected chi connectivity index (χ1v) is 7.92. The molecule has 0 bridgehead atoms. The Kier molecular flexibility index (Phi) is 4.06. The summed E-state index contributed by atoms with van der Waals surface area (Å²) in [5.74, 6) is 0. The Morgan fingerprint density at radius 1 is 1.50 bits per heavy atom. The average molecular weight is 365 g/mol. The largest absolute Gasteiger partial charge is 0.465 e. The number of nitrogen functional groups attached to an aromatic ring is 1. The molecule has 6 nitrogen and oxygen atoms in total. The van der Waals surface area contributed by atoms with Crippen molar-refractivity contribution < 1.29 is 9.90 Å². The lowest BCUT2D eigenvalue weighted by Gasteiger charge is -2.32. The minimum atomic E-state index is -0.873. The van der Waals surface area contributed by atoms with Gasteiger partial charge in [0.25, 0.3) is 0 Å². The van der Waals surface area contributed by atoms with Crippen LogP contribution in [0.4, 0.5) is 16.2 Å². The molecule has 22 heavy (non-hydrogen) atoms. The lowest BCUT2D eigenvalue weighted by atomic mass is 10.0. The van der Waals surface area contributed by atoms with Gasteiger partial charge in [-0.05, 0) is 31.0 Å². The van der Waals surface area contributed by atoms with E-state index < -0.39 is 6.09 Å². The van der Waals surface area contributed by atoms with E-state index in [1.54, 1.807) is 6.20 Å². The second kappa shape index (κ2) is 6.00. The second-order valence-corrected chi connectivity index (χ2v) is 6.38. The Balaban J connectivity index is 1.91. The third-order valence-corrected chi connectivity index (χ3v) is 4.39. The van der Waals surface area contributed by atoms with E-state index in [4.69, 9.17) is 10.8 Å². The Morgan fingerprint density at radius 2 is 2.32 bits per heavy atom.